The first kappa shape index (κ1) is 11.4. The standard InChI is InChI=1S/C10H18O4S/c1-10(2)6-3-8(10)7(5-11)9(4-6)15(12,13)14/h6-9,11H,3-5H2,1-2H3,(H,12,13,14)/t6-,7+,8+,9+/m1/s1. The van der Waals surface area contributed by atoms with E-state index in [0.29, 0.717) is 12.3 Å². The average molecular weight is 234 g/mol. The molecule has 4 nitrogen and oxygen atoms in total. The molecule has 0 spiro atoms. The maximum Gasteiger partial charge on any atom is 0.268 e. The van der Waals surface area contributed by atoms with Crippen molar-refractivity contribution in [2.45, 2.75) is 31.9 Å². The largest absolute Gasteiger partial charge is 0.396 e. The second-order valence-corrected chi connectivity index (χ2v) is 7.13. The summed E-state index contributed by atoms with van der Waals surface area (Å²) in [4.78, 5) is 0. The summed E-state index contributed by atoms with van der Waals surface area (Å²) < 4.78 is 31.5. The lowest BCUT2D eigenvalue weighted by molar-refractivity contribution is -0.114. The Morgan fingerprint density at radius 2 is 1.93 bits per heavy atom. The van der Waals surface area contributed by atoms with Crippen molar-refractivity contribution in [1.29, 1.82) is 0 Å². The van der Waals surface area contributed by atoms with Crippen molar-refractivity contribution in [3.05, 3.63) is 0 Å². The molecule has 0 aromatic heterocycles. The summed E-state index contributed by atoms with van der Waals surface area (Å²) in [6.07, 6.45) is 1.48. The molecule has 5 heteroatoms. The summed E-state index contributed by atoms with van der Waals surface area (Å²) >= 11 is 0. The average Bonchev–Trinajstić information content (AvgIpc) is 2.14. The number of hydrogen-bond acceptors (Lipinski definition) is 3. The SMILES string of the molecule is CC1(C)[C@@H]2C[C@H]1[C@H](CO)[C@@H](S(=O)(=O)O)C2. The van der Waals surface area contributed by atoms with Crippen LogP contribution >= 0.6 is 0 Å². The molecule has 2 N–H and O–H groups in total. The van der Waals surface area contributed by atoms with Crippen molar-refractivity contribution < 1.29 is 18.1 Å². The molecule has 3 fully saturated rings. The molecule has 0 aromatic rings. The predicted octanol–water partition coefficient (Wildman–Crippen LogP) is 0.917. The Bertz CT molecular complexity index is 360. The molecular formula is C10H18O4S. The Kier molecular flexibility index (Phi) is 2.41. The second kappa shape index (κ2) is 3.18. The minimum Gasteiger partial charge on any atom is -0.396 e. The quantitative estimate of drug-likeness (QED) is 0.697. The van der Waals surface area contributed by atoms with E-state index in [2.05, 4.69) is 13.8 Å². The van der Waals surface area contributed by atoms with Gasteiger partial charge in [0.15, 0.2) is 0 Å². The maximum atomic E-state index is 11.2. The van der Waals surface area contributed by atoms with Gasteiger partial charge in [0.1, 0.15) is 0 Å². The molecule has 0 unspecified atom stereocenters. The van der Waals surface area contributed by atoms with Gasteiger partial charge in [0.25, 0.3) is 10.1 Å². The summed E-state index contributed by atoms with van der Waals surface area (Å²) in [6, 6.07) is 0. The number of fused-ring (bicyclic) bond motifs is 2. The lowest BCUT2D eigenvalue weighted by atomic mass is 9.45. The highest BCUT2D eigenvalue weighted by Gasteiger charge is 2.59. The van der Waals surface area contributed by atoms with Crippen LogP contribution in [0.4, 0.5) is 0 Å². The normalized spacial score (nSPS) is 43.5. The van der Waals surface area contributed by atoms with Crippen LogP contribution in [0.5, 0.6) is 0 Å². The van der Waals surface area contributed by atoms with Gasteiger partial charge >= 0.3 is 0 Å². The third-order valence-electron chi connectivity index (χ3n) is 4.65. The molecule has 3 rings (SSSR count). The molecule has 2 bridgehead atoms. The zero-order valence-electron chi connectivity index (χ0n) is 9.05. The van der Waals surface area contributed by atoms with Crippen molar-refractivity contribution in [1.82, 2.24) is 0 Å². The number of aliphatic hydroxyl groups is 1. The molecule has 0 radical (unpaired) electrons. The van der Waals surface area contributed by atoms with Gasteiger partial charge in [-0.15, -0.1) is 0 Å². The molecule has 3 aliphatic carbocycles. The predicted molar refractivity (Wildman–Crippen MR) is 55.9 cm³/mol. The minimum absolute atomic E-state index is 0.120. The summed E-state index contributed by atoms with van der Waals surface area (Å²) in [6.45, 7) is 4.09. The lowest BCUT2D eigenvalue weighted by Gasteiger charge is -2.61. The molecule has 3 saturated carbocycles. The van der Waals surface area contributed by atoms with Gasteiger partial charge in [0, 0.05) is 12.5 Å². The summed E-state index contributed by atoms with van der Waals surface area (Å²) in [7, 11) is -4.00. The van der Waals surface area contributed by atoms with Gasteiger partial charge < -0.3 is 5.11 Å². The first-order valence-corrected chi connectivity index (χ1v) is 6.86. The fraction of sp³-hybridized carbons (Fsp3) is 1.00. The van der Waals surface area contributed by atoms with Gasteiger partial charge in [-0.1, -0.05) is 13.8 Å². The molecule has 88 valence electrons. The monoisotopic (exact) mass is 234 g/mol. The molecule has 3 aliphatic rings. The van der Waals surface area contributed by atoms with Gasteiger partial charge in [-0.25, -0.2) is 0 Å². The summed E-state index contributed by atoms with van der Waals surface area (Å²) in [5.74, 6) is 0.311. The molecule has 15 heavy (non-hydrogen) atoms. The molecule has 0 saturated heterocycles. The van der Waals surface area contributed by atoms with Crippen LogP contribution in [0.3, 0.4) is 0 Å². The van der Waals surface area contributed by atoms with Gasteiger partial charge in [-0.2, -0.15) is 8.42 Å². The van der Waals surface area contributed by atoms with Crippen LogP contribution in [-0.4, -0.2) is 29.9 Å². The maximum absolute atomic E-state index is 11.2. The van der Waals surface area contributed by atoms with E-state index in [1.807, 2.05) is 0 Å². The van der Waals surface area contributed by atoms with Crippen LogP contribution in [0, 0.1) is 23.2 Å². The third kappa shape index (κ3) is 1.52. The Morgan fingerprint density at radius 1 is 1.33 bits per heavy atom. The number of aliphatic hydroxyl groups excluding tert-OH is 1. The van der Waals surface area contributed by atoms with E-state index in [1.54, 1.807) is 0 Å². The highest BCUT2D eigenvalue weighted by Crippen LogP contribution is 2.62. The molecule has 0 aromatic carbocycles. The smallest absolute Gasteiger partial charge is 0.268 e. The van der Waals surface area contributed by atoms with Crippen LogP contribution in [-0.2, 0) is 10.1 Å². The lowest BCUT2D eigenvalue weighted by Crippen LogP contribution is -2.60. The Balaban J connectivity index is 2.27. The van der Waals surface area contributed by atoms with Crippen LogP contribution in [0.2, 0.25) is 0 Å². The van der Waals surface area contributed by atoms with E-state index < -0.39 is 15.4 Å². The topological polar surface area (TPSA) is 74.6 Å². The summed E-state index contributed by atoms with van der Waals surface area (Å²) in [5.41, 5.74) is 0.120. The highest BCUT2D eigenvalue weighted by molar-refractivity contribution is 7.86. The van der Waals surface area contributed by atoms with Crippen LogP contribution < -0.4 is 0 Å². The van der Waals surface area contributed by atoms with Crippen LogP contribution in [0.1, 0.15) is 26.7 Å². The number of hydrogen-bond donors (Lipinski definition) is 2. The zero-order chi connectivity index (χ0) is 11.4. The molecule has 0 heterocycles. The van der Waals surface area contributed by atoms with Crippen LogP contribution in [0.15, 0.2) is 0 Å². The molecule has 0 amide bonds. The van der Waals surface area contributed by atoms with Crippen molar-refractivity contribution >= 4 is 10.1 Å². The fourth-order valence-electron chi connectivity index (χ4n) is 3.48. The Hall–Kier alpha value is -0.130. The third-order valence-corrected chi connectivity index (χ3v) is 5.96. The second-order valence-electron chi connectivity index (χ2n) is 5.50. The molecular weight excluding hydrogens is 216 g/mol. The zero-order valence-corrected chi connectivity index (χ0v) is 9.87. The van der Waals surface area contributed by atoms with Gasteiger partial charge in [0.2, 0.25) is 0 Å². The molecule has 0 aliphatic heterocycles. The first-order chi connectivity index (χ1) is 6.78. The first-order valence-electron chi connectivity index (χ1n) is 5.35. The van der Waals surface area contributed by atoms with E-state index in [4.69, 9.17) is 4.55 Å². The van der Waals surface area contributed by atoms with E-state index in [-0.39, 0.29) is 23.9 Å². The van der Waals surface area contributed by atoms with E-state index in [1.165, 1.54) is 0 Å². The fourth-order valence-corrected chi connectivity index (χ4v) is 4.68. The van der Waals surface area contributed by atoms with Crippen molar-refractivity contribution in [3.63, 3.8) is 0 Å². The van der Waals surface area contributed by atoms with E-state index in [0.717, 1.165) is 6.42 Å². The van der Waals surface area contributed by atoms with Gasteiger partial charge in [-0.05, 0) is 30.1 Å². The Morgan fingerprint density at radius 3 is 2.33 bits per heavy atom. The summed E-state index contributed by atoms with van der Waals surface area (Å²) in [5, 5.41) is 8.53. The van der Waals surface area contributed by atoms with Crippen LogP contribution in [0.25, 0.3) is 0 Å². The van der Waals surface area contributed by atoms with Crippen molar-refractivity contribution in [2.24, 2.45) is 23.2 Å². The van der Waals surface area contributed by atoms with Gasteiger partial charge in [-0.3, -0.25) is 4.55 Å². The highest BCUT2D eigenvalue weighted by atomic mass is 32.2. The Labute approximate surface area is 90.4 Å². The number of rotatable bonds is 2. The molecule has 4 atom stereocenters. The minimum atomic E-state index is -4.00. The van der Waals surface area contributed by atoms with Crippen molar-refractivity contribution in [3.8, 4) is 0 Å². The van der Waals surface area contributed by atoms with E-state index >= 15 is 0 Å². The van der Waals surface area contributed by atoms with Gasteiger partial charge in [0.05, 0.1) is 5.25 Å². The van der Waals surface area contributed by atoms with Crippen molar-refractivity contribution in [2.75, 3.05) is 6.61 Å². The van der Waals surface area contributed by atoms with E-state index in [9.17, 15) is 13.5 Å².